The molecule has 0 radical (unpaired) electrons. The van der Waals surface area contributed by atoms with E-state index >= 15 is 0 Å². The highest BCUT2D eigenvalue weighted by molar-refractivity contribution is 7.92. The van der Waals surface area contributed by atoms with E-state index in [1.165, 1.54) is 0 Å². The first kappa shape index (κ1) is 13.6. The molecule has 0 amide bonds. The van der Waals surface area contributed by atoms with Crippen LogP contribution in [0.25, 0.3) is 10.9 Å². The van der Waals surface area contributed by atoms with Crippen LogP contribution in [0.15, 0.2) is 65.7 Å². The van der Waals surface area contributed by atoms with E-state index in [0.29, 0.717) is 5.69 Å². The number of rotatable bonds is 3. The van der Waals surface area contributed by atoms with Crippen molar-refractivity contribution >= 4 is 26.6 Å². The number of nitrogens with zero attached hydrogens (tertiary/aromatic N) is 1. The van der Waals surface area contributed by atoms with Crippen molar-refractivity contribution in [1.82, 2.24) is 4.98 Å². The van der Waals surface area contributed by atoms with Crippen LogP contribution in [0.3, 0.4) is 0 Å². The fourth-order valence-electron chi connectivity index (χ4n) is 2.11. The molecule has 0 aliphatic rings. The first-order valence-corrected chi connectivity index (χ1v) is 7.98. The molecule has 1 heterocycles. The molecule has 0 aliphatic carbocycles. The Hall–Kier alpha value is -2.40. The van der Waals surface area contributed by atoms with Crippen LogP contribution in [0.1, 0.15) is 5.56 Å². The number of nitrogens with one attached hydrogen (secondary N) is 1. The van der Waals surface area contributed by atoms with E-state index in [-0.39, 0.29) is 4.90 Å². The number of hydrogen-bond donors (Lipinski definition) is 1. The maximum Gasteiger partial charge on any atom is 0.261 e. The number of pyridine rings is 1. The van der Waals surface area contributed by atoms with Gasteiger partial charge in [0, 0.05) is 11.6 Å². The second-order valence-corrected chi connectivity index (χ2v) is 6.46. The number of para-hydroxylation sites is 1. The smallest absolute Gasteiger partial charge is 0.261 e. The Bertz CT molecular complexity index is 905. The number of fused-ring (bicyclic) bond motifs is 1. The second-order valence-electron chi connectivity index (χ2n) is 4.78. The van der Waals surface area contributed by atoms with Crippen molar-refractivity contribution < 1.29 is 8.42 Å². The molecular weight excluding hydrogens is 284 g/mol. The first-order valence-electron chi connectivity index (χ1n) is 6.49. The largest absolute Gasteiger partial charge is 0.279 e. The van der Waals surface area contributed by atoms with Gasteiger partial charge in [0.2, 0.25) is 0 Å². The summed E-state index contributed by atoms with van der Waals surface area (Å²) >= 11 is 0. The number of hydrogen-bond acceptors (Lipinski definition) is 3. The van der Waals surface area contributed by atoms with Crippen molar-refractivity contribution in [3.8, 4) is 0 Å². The van der Waals surface area contributed by atoms with Gasteiger partial charge in [0.1, 0.15) is 0 Å². The molecule has 1 N–H and O–H groups in total. The van der Waals surface area contributed by atoms with Crippen molar-refractivity contribution in [1.29, 1.82) is 0 Å². The fraction of sp³-hybridized carbons (Fsp3) is 0.0625. The SMILES string of the molecule is Cc1ccccc1NS(=O)(=O)c1ccc2ncccc2c1. The van der Waals surface area contributed by atoms with Gasteiger partial charge in [-0.25, -0.2) is 8.42 Å². The summed E-state index contributed by atoms with van der Waals surface area (Å²) < 4.78 is 27.6. The molecule has 5 heteroatoms. The Morgan fingerprint density at radius 3 is 2.62 bits per heavy atom. The average Bonchev–Trinajstić information content (AvgIpc) is 2.49. The molecule has 3 aromatic rings. The third kappa shape index (κ3) is 2.73. The number of benzene rings is 2. The van der Waals surface area contributed by atoms with Crippen LogP contribution < -0.4 is 4.72 Å². The molecule has 21 heavy (non-hydrogen) atoms. The zero-order chi connectivity index (χ0) is 14.9. The van der Waals surface area contributed by atoms with E-state index in [2.05, 4.69) is 9.71 Å². The Labute approximate surface area is 123 Å². The van der Waals surface area contributed by atoms with Gasteiger partial charge in [-0.1, -0.05) is 24.3 Å². The summed E-state index contributed by atoms with van der Waals surface area (Å²) in [5, 5.41) is 0.796. The van der Waals surface area contributed by atoms with E-state index in [9.17, 15) is 8.42 Å². The molecule has 4 nitrogen and oxygen atoms in total. The molecule has 0 bridgehead atoms. The molecule has 0 atom stereocenters. The molecule has 0 fully saturated rings. The predicted octanol–water partition coefficient (Wildman–Crippen LogP) is 3.34. The molecule has 0 unspecified atom stereocenters. The topological polar surface area (TPSA) is 59.1 Å². The minimum atomic E-state index is -3.61. The lowest BCUT2D eigenvalue weighted by molar-refractivity contribution is 0.601. The van der Waals surface area contributed by atoms with Gasteiger partial charge < -0.3 is 0 Å². The van der Waals surface area contributed by atoms with Crippen LogP contribution in [-0.4, -0.2) is 13.4 Å². The average molecular weight is 298 g/mol. The highest BCUT2D eigenvalue weighted by Crippen LogP contribution is 2.21. The van der Waals surface area contributed by atoms with Crippen molar-refractivity contribution in [3.63, 3.8) is 0 Å². The Morgan fingerprint density at radius 1 is 1.00 bits per heavy atom. The molecule has 1 aromatic heterocycles. The summed E-state index contributed by atoms with van der Waals surface area (Å²) in [6, 6.07) is 15.8. The Morgan fingerprint density at radius 2 is 1.81 bits per heavy atom. The second kappa shape index (κ2) is 5.18. The van der Waals surface area contributed by atoms with Crippen LogP contribution >= 0.6 is 0 Å². The molecule has 106 valence electrons. The van der Waals surface area contributed by atoms with Gasteiger partial charge in [-0.3, -0.25) is 9.71 Å². The van der Waals surface area contributed by atoms with Gasteiger partial charge in [-0.05, 0) is 42.8 Å². The number of aromatic nitrogens is 1. The normalized spacial score (nSPS) is 11.5. The van der Waals surface area contributed by atoms with Crippen molar-refractivity contribution in [2.24, 2.45) is 0 Å². The summed E-state index contributed by atoms with van der Waals surface area (Å²) in [6.07, 6.45) is 1.68. The lowest BCUT2D eigenvalue weighted by Gasteiger charge is -2.10. The highest BCUT2D eigenvalue weighted by Gasteiger charge is 2.15. The van der Waals surface area contributed by atoms with Gasteiger partial charge in [-0.15, -0.1) is 0 Å². The summed E-state index contributed by atoms with van der Waals surface area (Å²) in [4.78, 5) is 4.42. The van der Waals surface area contributed by atoms with Gasteiger partial charge in [-0.2, -0.15) is 0 Å². The molecule has 0 saturated heterocycles. The third-order valence-corrected chi connectivity index (χ3v) is 4.64. The third-order valence-electron chi connectivity index (χ3n) is 3.27. The van der Waals surface area contributed by atoms with Crippen LogP contribution in [0, 0.1) is 6.92 Å². The van der Waals surface area contributed by atoms with E-state index in [1.54, 1.807) is 42.6 Å². The lowest BCUT2D eigenvalue weighted by atomic mass is 10.2. The van der Waals surface area contributed by atoms with Gasteiger partial charge in [0.05, 0.1) is 16.1 Å². The maximum atomic E-state index is 12.5. The molecule has 3 rings (SSSR count). The van der Waals surface area contributed by atoms with Gasteiger partial charge in [0.15, 0.2) is 0 Å². The standard InChI is InChI=1S/C16H14N2O2S/c1-12-5-2-3-7-15(12)18-21(19,20)14-8-9-16-13(11-14)6-4-10-17-16/h2-11,18H,1H3. The van der Waals surface area contributed by atoms with Crippen molar-refractivity contribution in [2.45, 2.75) is 11.8 Å². The van der Waals surface area contributed by atoms with Crippen LogP contribution in [-0.2, 0) is 10.0 Å². The van der Waals surface area contributed by atoms with E-state index in [4.69, 9.17) is 0 Å². The molecular formula is C16H14N2O2S. The molecule has 0 aliphatic heterocycles. The number of sulfonamides is 1. The number of anilines is 1. The van der Waals surface area contributed by atoms with E-state index < -0.39 is 10.0 Å². The summed E-state index contributed by atoms with van der Waals surface area (Å²) in [6.45, 7) is 1.86. The van der Waals surface area contributed by atoms with E-state index in [0.717, 1.165) is 16.5 Å². The maximum absolute atomic E-state index is 12.5. The molecule has 0 spiro atoms. The van der Waals surface area contributed by atoms with Crippen molar-refractivity contribution in [3.05, 3.63) is 66.4 Å². The quantitative estimate of drug-likeness (QED) is 0.806. The molecule has 0 saturated carbocycles. The zero-order valence-corrected chi connectivity index (χ0v) is 12.3. The Balaban J connectivity index is 2.02. The summed E-state index contributed by atoms with van der Waals surface area (Å²) in [5.74, 6) is 0. The minimum Gasteiger partial charge on any atom is -0.279 e. The first-order chi connectivity index (χ1) is 10.1. The van der Waals surface area contributed by atoms with Crippen LogP contribution in [0.5, 0.6) is 0 Å². The zero-order valence-electron chi connectivity index (χ0n) is 11.4. The molecule has 2 aromatic carbocycles. The van der Waals surface area contributed by atoms with Crippen molar-refractivity contribution in [2.75, 3.05) is 4.72 Å². The van der Waals surface area contributed by atoms with Crippen LogP contribution in [0.4, 0.5) is 5.69 Å². The Kier molecular flexibility index (Phi) is 3.35. The minimum absolute atomic E-state index is 0.228. The van der Waals surface area contributed by atoms with Gasteiger partial charge >= 0.3 is 0 Å². The lowest BCUT2D eigenvalue weighted by Crippen LogP contribution is -2.13. The summed E-state index contributed by atoms with van der Waals surface area (Å²) in [5.41, 5.74) is 2.24. The monoisotopic (exact) mass is 298 g/mol. The summed E-state index contributed by atoms with van der Waals surface area (Å²) in [7, 11) is -3.61. The number of aryl methyl sites for hydroxylation is 1. The fourth-order valence-corrected chi connectivity index (χ4v) is 3.28. The highest BCUT2D eigenvalue weighted by atomic mass is 32.2. The van der Waals surface area contributed by atoms with Gasteiger partial charge in [0.25, 0.3) is 10.0 Å². The predicted molar refractivity (Wildman–Crippen MR) is 83.7 cm³/mol. The van der Waals surface area contributed by atoms with E-state index in [1.807, 2.05) is 25.1 Å². The van der Waals surface area contributed by atoms with Crippen LogP contribution in [0.2, 0.25) is 0 Å².